The number of benzene rings is 2. The van der Waals surface area contributed by atoms with Crippen LogP contribution in [-0.4, -0.2) is 17.9 Å². The second-order valence-corrected chi connectivity index (χ2v) is 4.80. The van der Waals surface area contributed by atoms with Crippen LogP contribution >= 0.6 is 0 Å². The van der Waals surface area contributed by atoms with Crippen molar-refractivity contribution in [3.05, 3.63) is 70.4 Å². The molecule has 2 N–H and O–H groups in total. The quantitative estimate of drug-likeness (QED) is 0.362. The van der Waals surface area contributed by atoms with Crippen molar-refractivity contribution in [1.82, 2.24) is 0 Å². The van der Waals surface area contributed by atoms with E-state index in [1.807, 2.05) is 0 Å². The molecule has 0 radical (unpaired) electrons. The minimum atomic E-state index is -0.677. The van der Waals surface area contributed by atoms with Gasteiger partial charge in [0.1, 0.15) is 17.4 Å². The predicted octanol–water partition coefficient (Wildman–Crippen LogP) is 3.06. The van der Waals surface area contributed by atoms with Crippen LogP contribution in [0.5, 0.6) is 5.75 Å². The zero-order valence-corrected chi connectivity index (χ0v) is 13.2. The van der Waals surface area contributed by atoms with E-state index in [0.717, 1.165) is 0 Å². The normalized spacial score (nSPS) is 10.5. The molecule has 8 nitrogen and oxygen atoms in total. The molecule has 2 rings (SSSR count). The smallest absolute Gasteiger partial charge is 0.271 e. The molecule has 0 atom stereocenters. The lowest BCUT2D eigenvalue weighted by Crippen LogP contribution is -2.14. The number of hydrogen-bond acceptors (Lipinski definition) is 6. The van der Waals surface area contributed by atoms with E-state index < -0.39 is 10.8 Å². The number of anilines is 2. The molecule has 0 aromatic heterocycles. The predicted molar refractivity (Wildman–Crippen MR) is 92.0 cm³/mol. The maximum atomic E-state index is 12.1. The number of carbonyl (C=O) groups excluding carboxylic acids is 1. The molecule has 0 heterocycles. The van der Waals surface area contributed by atoms with Gasteiger partial charge in [-0.25, -0.2) is 0 Å². The van der Waals surface area contributed by atoms with Gasteiger partial charge in [-0.15, -0.1) is 0 Å². The largest absolute Gasteiger partial charge is 0.497 e. The van der Waals surface area contributed by atoms with Gasteiger partial charge < -0.3 is 15.4 Å². The second kappa shape index (κ2) is 8.12. The average Bonchev–Trinajstić information content (AvgIpc) is 2.63. The van der Waals surface area contributed by atoms with Gasteiger partial charge in [0.2, 0.25) is 0 Å². The summed E-state index contributed by atoms with van der Waals surface area (Å²) in [6, 6.07) is 14.1. The molecule has 0 saturated carbocycles. The molecular weight excluding hydrogens is 324 g/mol. The summed E-state index contributed by atoms with van der Waals surface area (Å²) in [5.41, 5.74) is 0.556. The second-order valence-electron chi connectivity index (χ2n) is 4.80. The fourth-order valence-electron chi connectivity index (χ4n) is 1.89. The molecule has 8 heteroatoms. The van der Waals surface area contributed by atoms with Gasteiger partial charge in [0.25, 0.3) is 11.6 Å². The van der Waals surface area contributed by atoms with Crippen molar-refractivity contribution in [2.24, 2.45) is 0 Å². The molecule has 0 spiro atoms. The van der Waals surface area contributed by atoms with Crippen LogP contribution in [0.25, 0.3) is 0 Å². The molecule has 0 saturated heterocycles. The molecule has 126 valence electrons. The maximum Gasteiger partial charge on any atom is 0.271 e. The number of nitro benzene ring substituents is 1. The molecule has 0 bridgehead atoms. The van der Waals surface area contributed by atoms with Crippen molar-refractivity contribution in [2.75, 3.05) is 17.7 Å². The van der Waals surface area contributed by atoms with Gasteiger partial charge in [-0.05, 0) is 30.3 Å². The molecule has 0 fully saturated rings. The lowest BCUT2D eigenvalue weighted by atomic mass is 10.2. The Labute approximate surface area is 143 Å². The molecule has 0 aliphatic rings. The van der Waals surface area contributed by atoms with E-state index in [2.05, 4.69) is 10.6 Å². The molecule has 1 amide bonds. The number of nitro groups is 1. The number of carbonyl (C=O) groups is 1. The van der Waals surface area contributed by atoms with Crippen molar-refractivity contribution in [2.45, 2.75) is 0 Å². The highest BCUT2D eigenvalue weighted by Gasteiger charge is 2.12. The van der Waals surface area contributed by atoms with Crippen molar-refractivity contribution in [1.29, 1.82) is 5.26 Å². The average molecular weight is 338 g/mol. The molecule has 2 aromatic rings. The molecule has 0 aliphatic carbocycles. The Kier molecular flexibility index (Phi) is 5.68. The third kappa shape index (κ3) is 4.80. The topological polar surface area (TPSA) is 117 Å². The summed E-state index contributed by atoms with van der Waals surface area (Å²) in [5.74, 6) is 0.00228. The number of non-ortho nitro benzene ring substituents is 1. The Balaban J connectivity index is 2.08. The lowest BCUT2D eigenvalue weighted by Gasteiger charge is -2.06. The summed E-state index contributed by atoms with van der Waals surface area (Å²) in [5, 5.41) is 25.2. The number of amides is 1. The van der Waals surface area contributed by atoms with Crippen molar-refractivity contribution >= 4 is 23.0 Å². The van der Waals surface area contributed by atoms with Gasteiger partial charge in [0.15, 0.2) is 0 Å². The van der Waals surface area contributed by atoms with E-state index in [-0.39, 0.29) is 16.9 Å². The minimum Gasteiger partial charge on any atom is -0.497 e. The fourth-order valence-corrected chi connectivity index (χ4v) is 1.89. The zero-order chi connectivity index (χ0) is 18.2. The van der Waals surface area contributed by atoms with Gasteiger partial charge >= 0.3 is 0 Å². The zero-order valence-electron chi connectivity index (χ0n) is 13.2. The molecular formula is C17H14N4O4. The summed E-state index contributed by atoms with van der Waals surface area (Å²) in [7, 11) is 1.55. The summed E-state index contributed by atoms with van der Waals surface area (Å²) in [6.45, 7) is 0. The number of hydrogen-bond donors (Lipinski definition) is 2. The van der Waals surface area contributed by atoms with Crippen LogP contribution in [0.3, 0.4) is 0 Å². The maximum absolute atomic E-state index is 12.1. The van der Waals surface area contributed by atoms with Crippen LogP contribution in [-0.2, 0) is 4.79 Å². The van der Waals surface area contributed by atoms with E-state index in [4.69, 9.17) is 10.00 Å². The number of nitrogens with one attached hydrogen (secondary N) is 2. The Bertz CT molecular complexity index is 854. The number of rotatable bonds is 6. The highest BCUT2D eigenvalue weighted by Crippen LogP contribution is 2.18. The van der Waals surface area contributed by atoms with Crippen molar-refractivity contribution in [3.8, 4) is 11.8 Å². The van der Waals surface area contributed by atoms with E-state index >= 15 is 0 Å². The lowest BCUT2D eigenvalue weighted by molar-refractivity contribution is -0.384. The van der Waals surface area contributed by atoms with Gasteiger partial charge in [-0.2, -0.15) is 5.26 Å². The monoisotopic (exact) mass is 338 g/mol. The van der Waals surface area contributed by atoms with E-state index in [0.29, 0.717) is 11.4 Å². The molecule has 25 heavy (non-hydrogen) atoms. The van der Waals surface area contributed by atoms with Crippen molar-refractivity contribution in [3.63, 3.8) is 0 Å². The first-order valence-corrected chi connectivity index (χ1v) is 7.10. The van der Waals surface area contributed by atoms with Gasteiger partial charge in [-0.1, -0.05) is 6.07 Å². The number of ether oxygens (including phenoxy) is 1. The van der Waals surface area contributed by atoms with E-state index in [1.54, 1.807) is 37.4 Å². The first kappa shape index (κ1) is 17.5. The summed E-state index contributed by atoms with van der Waals surface area (Å²) >= 11 is 0. The van der Waals surface area contributed by atoms with Crippen LogP contribution in [0.1, 0.15) is 0 Å². The highest BCUT2D eigenvalue weighted by atomic mass is 16.6. The van der Waals surface area contributed by atoms with Gasteiger partial charge in [-0.3, -0.25) is 14.9 Å². The third-order valence-electron chi connectivity index (χ3n) is 3.15. The molecule has 0 aliphatic heterocycles. The number of methoxy groups -OCH3 is 1. The van der Waals surface area contributed by atoms with Gasteiger partial charge in [0, 0.05) is 29.7 Å². The summed E-state index contributed by atoms with van der Waals surface area (Å²) in [4.78, 5) is 22.3. The van der Waals surface area contributed by atoms with Crippen LogP contribution < -0.4 is 15.4 Å². The fraction of sp³-hybridized carbons (Fsp3) is 0.0588. The van der Waals surface area contributed by atoms with Crippen molar-refractivity contribution < 1.29 is 14.5 Å². The SMILES string of the molecule is COc1ccc(N/C=C(/C#N)C(=O)Nc2cccc([N+](=O)[O-])c2)cc1. The Morgan fingerprint density at radius 1 is 1.24 bits per heavy atom. The van der Waals surface area contributed by atoms with Crippen LogP contribution in [0.2, 0.25) is 0 Å². The molecule has 2 aromatic carbocycles. The Hall–Kier alpha value is -3.86. The third-order valence-corrected chi connectivity index (χ3v) is 3.15. The van der Waals surface area contributed by atoms with E-state index in [9.17, 15) is 14.9 Å². The number of nitriles is 1. The standard InChI is InChI=1S/C17H14N4O4/c1-25-16-7-5-13(6-8-16)19-11-12(10-18)17(22)20-14-3-2-4-15(9-14)21(23)24/h2-9,11,19H,1H3,(H,20,22)/b12-11-. The summed E-state index contributed by atoms with van der Waals surface area (Å²) < 4.78 is 5.04. The minimum absolute atomic E-state index is 0.156. The van der Waals surface area contributed by atoms with Crippen LogP contribution in [0.15, 0.2) is 60.3 Å². The number of nitrogens with zero attached hydrogens (tertiary/aromatic N) is 2. The van der Waals surface area contributed by atoms with Gasteiger partial charge in [0.05, 0.1) is 12.0 Å². The Morgan fingerprint density at radius 2 is 1.96 bits per heavy atom. The summed E-state index contributed by atoms with van der Waals surface area (Å²) in [6.07, 6.45) is 1.26. The van der Waals surface area contributed by atoms with Crippen LogP contribution in [0.4, 0.5) is 17.1 Å². The highest BCUT2D eigenvalue weighted by molar-refractivity contribution is 6.06. The van der Waals surface area contributed by atoms with Crippen LogP contribution in [0, 0.1) is 21.4 Å². The first-order valence-electron chi connectivity index (χ1n) is 7.10. The van der Waals surface area contributed by atoms with E-state index in [1.165, 1.54) is 30.5 Å². The molecule has 0 unspecified atom stereocenters. The Morgan fingerprint density at radius 3 is 2.56 bits per heavy atom. The first-order chi connectivity index (χ1) is 12.0.